The minimum Gasteiger partial charge on any atom is -0.406 e. The summed E-state index contributed by atoms with van der Waals surface area (Å²) in [6.07, 6.45) is -4.49. The Labute approximate surface area is 121 Å². The SMILES string of the molecule is CC(Cl)c1nnc(Nc2cc(Cl)cc(C(F)(F)F)c2)o1. The van der Waals surface area contributed by atoms with Gasteiger partial charge in [0, 0.05) is 10.7 Å². The van der Waals surface area contributed by atoms with Crippen molar-refractivity contribution in [3.63, 3.8) is 0 Å². The van der Waals surface area contributed by atoms with Gasteiger partial charge in [0.05, 0.1) is 5.56 Å². The molecule has 1 aromatic carbocycles. The molecule has 0 saturated carbocycles. The van der Waals surface area contributed by atoms with E-state index in [2.05, 4.69) is 15.5 Å². The van der Waals surface area contributed by atoms with Gasteiger partial charge in [-0.1, -0.05) is 16.7 Å². The van der Waals surface area contributed by atoms with E-state index in [-0.39, 0.29) is 22.6 Å². The summed E-state index contributed by atoms with van der Waals surface area (Å²) in [6, 6.07) is 2.96. The van der Waals surface area contributed by atoms with Crippen molar-refractivity contribution < 1.29 is 17.6 Å². The van der Waals surface area contributed by atoms with Crippen molar-refractivity contribution in [3.8, 4) is 0 Å². The molecule has 108 valence electrons. The highest BCUT2D eigenvalue weighted by molar-refractivity contribution is 6.31. The molecule has 0 amide bonds. The zero-order valence-corrected chi connectivity index (χ0v) is 11.5. The molecule has 0 radical (unpaired) electrons. The standard InChI is InChI=1S/C11H8Cl2F3N3O/c1-5(12)9-18-19-10(20-9)17-8-3-6(11(14,15)16)2-7(13)4-8/h2-5H,1H3,(H,17,19). The molecular weight excluding hydrogens is 318 g/mol. The topological polar surface area (TPSA) is 51.0 Å². The molecule has 1 heterocycles. The molecule has 0 saturated heterocycles. The maximum atomic E-state index is 12.6. The molecule has 1 aromatic heterocycles. The molecule has 4 nitrogen and oxygen atoms in total. The van der Waals surface area contributed by atoms with Gasteiger partial charge in [-0.05, 0) is 25.1 Å². The molecule has 0 aliphatic rings. The van der Waals surface area contributed by atoms with E-state index >= 15 is 0 Å². The highest BCUT2D eigenvalue weighted by atomic mass is 35.5. The molecule has 2 aromatic rings. The lowest BCUT2D eigenvalue weighted by molar-refractivity contribution is -0.137. The van der Waals surface area contributed by atoms with Crippen LogP contribution in [-0.4, -0.2) is 10.2 Å². The summed E-state index contributed by atoms with van der Waals surface area (Å²) < 4.78 is 43.0. The van der Waals surface area contributed by atoms with Gasteiger partial charge in [0.25, 0.3) is 0 Å². The molecule has 0 fully saturated rings. The molecule has 1 N–H and O–H groups in total. The third-order valence-electron chi connectivity index (χ3n) is 2.26. The molecule has 0 spiro atoms. The number of aromatic nitrogens is 2. The molecular formula is C11H8Cl2F3N3O. The highest BCUT2D eigenvalue weighted by Crippen LogP contribution is 2.34. The fourth-order valence-electron chi connectivity index (χ4n) is 1.39. The third kappa shape index (κ3) is 3.55. The molecule has 0 aliphatic heterocycles. The predicted molar refractivity (Wildman–Crippen MR) is 68.3 cm³/mol. The largest absolute Gasteiger partial charge is 0.416 e. The average molecular weight is 326 g/mol. The summed E-state index contributed by atoms with van der Waals surface area (Å²) >= 11 is 11.4. The Morgan fingerprint density at radius 1 is 1.25 bits per heavy atom. The summed E-state index contributed by atoms with van der Waals surface area (Å²) in [6.45, 7) is 1.62. The van der Waals surface area contributed by atoms with Gasteiger partial charge in [0.1, 0.15) is 5.38 Å². The van der Waals surface area contributed by atoms with E-state index in [9.17, 15) is 13.2 Å². The second kappa shape index (κ2) is 5.49. The van der Waals surface area contributed by atoms with E-state index in [1.54, 1.807) is 6.92 Å². The van der Waals surface area contributed by atoms with Crippen molar-refractivity contribution >= 4 is 34.9 Å². The van der Waals surface area contributed by atoms with Gasteiger partial charge in [-0.15, -0.1) is 16.7 Å². The second-order valence-electron chi connectivity index (χ2n) is 3.91. The van der Waals surface area contributed by atoms with Crippen LogP contribution in [-0.2, 0) is 6.18 Å². The Kier molecular flexibility index (Phi) is 4.10. The first-order chi connectivity index (χ1) is 9.25. The van der Waals surface area contributed by atoms with Crippen LogP contribution in [0.3, 0.4) is 0 Å². The van der Waals surface area contributed by atoms with Gasteiger partial charge >= 0.3 is 12.2 Å². The molecule has 1 atom stereocenters. The second-order valence-corrected chi connectivity index (χ2v) is 5.00. The predicted octanol–water partition coefficient (Wildman–Crippen LogP) is 4.79. The van der Waals surface area contributed by atoms with Crippen molar-refractivity contribution in [2.45, 2.75) is 18.5 Å². The Hall–Kier alpha value is -1.47. The Balaban J connectivity index is 2.26. The zero-order chi connectivity index (χ0) is 14.9. The van der Waals surface area contributed by atoms with E-state index < -0.39 is 17.1 Å². The normalized spacial score (nSPS) is 13.3. The van der Waals surface area contributed by atoms with Crippen LogP contribution in [0.25, 0.3) is 0 Å². The maximum Gasteiger partial charge on any atom is 0.416 e. The number of anilines is 2. The first-order valence-corrected chi connectivity index (χ1v) is 6.19. The van der Waals surface area contributed by atoms with Crippen LogP contribution in [0.15, 0.2) is 22.6 Å². The van der Waals surface area contributed by atoms with E-state index in [0.29, 0.717) is 0 Å². The lowest BCUT2D eigenvalue weighted by atomic mass is 10.2. The summed E-state index contributed by atoms with van der Waals surface area (Å²) in [5.41, 5.74) is -0.791. The minimum absolute atomic E-state index is 0.0622. The number of alkyl halides is 4. The molecule has 1 unspecified atom stereocenters. The number of benzene rings is 1. The number of halogens is 5. The van der Waals surface area contributed by atoms with E-state index in [1.165, 1.54) is 6.07 Å². The lowest BCUT2D eigenvalue weighted by Gasteiger charge is -2.09. The van der Waals surface area contributed by atoms with E-state index in [4.69, 9.17) is 27.6 Å². The summed E-state index contributed by atoms with van der Waals surface area (Å²) in [5, 5.41) is 9.25. The lowest BCUT2D eigenvalue weighted by Crippen LogP contribution is -2.05. The van der Waals surface area contributed by atoms with Gasteiger partial charge in [0.2, 0.25) is 5.89 Å². The summed E-state index contributed by atoms with van der Waals surface area (Å²) in [4.78, 5) is 0. The monoisotopic (exact) mass is 325 g/mol. The number of rotatable bonds is 3. The van der Waals surface area contributed by atoms with Gasteiger partial charge in [-0.25, -0.2) is 0 Å². The molecule has 2 rings (SSSR count). The smallest absolute Gasteiger partial charge is 0.406 e. The molecule has 0 aliphatic carbocycles. The van der Waals surface area contributed by atoms with Crippen molar-refractivity contribution in [1.82, 2.24) is 10.2 Å². The van der Waals surface area contributed by atoms with Gasteiger partial charge < -0.3 is 9.73 Å². The number of nitrogens with one attached hydrogen (secondary N) is 1. The molecule has 20 heavy (non-hydrogen) atoms. The average Bonchev–Trinajstić information content (AvgIpc) is 2.75. The number of hydrogen-bond donors (Lipinski definition) is 1. The van der Waals surface area contributed by atoms with Crippen LogP contribution in [0.1, 0.15) is 23.8 Å². The number of hydrogen-bond acceptors (Lipinski definition) is 4. The summed E-state index contributed by atoms with van der Waals surface area (Å²) in [5.74, 6) is 0.159. The van der Waals surface area contributed by atoms with Crippen LogP contribution >= 0.6 is 23.2 Å². The Morgan fingerprint density at radius 3 is 2.50 bits per heavy atom. The zero-order valence-electron chi connectivity index (χ0n) is 10.0. The first-order valence-electron chi connectivity index (χ1n) is 5.38. The van der Waals surface area contributed by atoms with Gasteiger partial charge in [-0.2, -0.15) is 13.2 Å². The van der Waals surface area contributed by atoms with E-state index in [1.807, 2.05) is 0 Å². The molecule has 0 bridgehead atoms. The third-order valence-corrected chi connectivity index (χ3v) is 2.66. The highest BCUT2D eigenvalue weighted by Gasteiger charge is 2.31. The number of nitrogens with zero attached hydrogens (tertiary/aromatic N) is 2. The van der Waals surface area contributed by atoms with Crippen molar-refractivity contribution in [3.05, 3.63) is 34.7 Å². The maximum absolute atomic E-state index is 12.6. The minimum atomic E-state index is -4.49. The van der Waals surface area contributed by atoms with Gasteiger partial charge in [-0.3, -0.25) is 0 Å². The van der Waals surface area contributed by atoms with Crippen LogP contribution in [0.4, 0.5) is 24.9 Å². The first kappa shape index (κ1) is 14.9. The van der Waals surface area contributed by atoms with Crippen LogP contribution < -0.4 is 5.32 Å². The fraction of sp³-hybridized carbons (Fsp3) is 0.273. The van der Waals surface area contributed by atoms with Gasteiger partial charge in [0.15, 0.2) is 0 Å². The fourth-order valence-corrected chi connectivity index (χ4v) is 1.72. The quantitative estimate of drug-likeness (QED) is 0.824. The van der Waals surface area contributed by atoms with Crippen molar-refractivity contribution in [2.24, 2.45) is 0 Å². The summed E-state index contributed by atoms with van der Waals surface area (Å²) in [7, 11) is 0. The van der Waals surface area contributed by atoms with Crippen molar-refractivity contribution in [2.75, 3.05) is 5.32 Å². The van der Waals surface area contributed by atoms with Crippen LogP contribution in [0, 0.1) is 0 Å². The Morgan fingerprint density at radius 2 is 1.95 bits per heavy atom. The van der Waals surface area contributed by atoms with Crippen LogP contribution in [0.5, 0.6) is 0 Å². The molecule has 9 heteroatoms. The van der Waals surface area contributed by atoms with Crippen molar-refractivity contribution in [1.29, 1.82) is 0 Å². The van der Waals surface area contributed by atoms with E-state index in [0.717, 1.165) is 12.1 Å². The Bertz CT molecular complexity index is 613. The van der Waals surface area contributed by atoms with Crippen LogP contribution in [0.2, 0.25) is 5.02 Å².